The van der Waals surface area contributed by atoms with E-state index in [1.807, 2.05) is 36.7 Å². The van der Waals surface area contributed by atoms with Crippen molar-refractivity contribution in [3.8, 4) is 28.3 Å². The first kappa shape index (κ1) is 25.9. The third-order valence-corrected chi connectivity index (χ3v) is 6.17. The summed E-state index contributed by atoms with van der Waals surface area (Å²) in [5, 5.41) is 0. The number of nitrogens with zero attached hydrogens (tertiary/aromatic N) is 2. The normalized spacial score (nSPS) is 12.0. The Morgan fingerprint density at radius 2 is 1.32 bits per heavy atom. The van der Waals surface area contributed by atoms with Gasteiger partial charge < -0.3 is 4.74 Å². The van der Waals surface area contributed by atoms with Crippen LogP contribution in [-0.2, 0) is 6.42 Å². The maximum Gasteiger partial charge on any atom is 0.159 e. The molecule has 0 saturated heterocycles. The molecular weight excluding hydrogens is 423 g/mol. The van der Waals surface area contributed by atoms with Crippen LogP contribution in [0.3, 0.4) is 0 Å². The Bertz CT molecular complexity index is 939. The number of hydrogen-bond donors (Lipinski definition) is 0. The van der Waals surface area contributed by atoms with Crippen LogP contribution in [0.15, 0.2) is 60.9 Å². The summed E-state index contributed by atoms with van der Waals surface area (Å²) in [7, 11) is 0. The fourth-order valence-corrected chi connectivity index (χ4v) is 4.01. The minimum absolute atomic E-state index is 0.105. The molecule has 0 N–H and O–H groups in total. The van der Waals surface area contributed by atoms with Gasteiger partial charge in [0.05, 0.1) is 0 Å². The van der Waals surface area contributed by atoms with Crippen LogP contribution in [-0.4, -0.2) is 22.7 Å². The molecule has 2 aromatic carbocycles. The number of aromatic nitrogens is 2. The first-order valence-electron chi connectivity index (χ1n) is 13.0. The molecule has 1 atom stereocenters. The van der Waals surface area contributed by atoms with Crippen LogP contribution < -0.4 is 4.74 Å². The van der Waals surface area contributed by atoms with Crippen molar-refractivity contribution in [3.63, 3.8) is 0 Å². The van der Waals surface area contributed by atoms with Gasteiger partial charge >= 0.3 is 0 Å². The fraction of sp³-hybridized carbons (Fsp3) is 0.467. The number of unbranched alkanes of at least 4 members (excludes halogenated alkanes) is 6. The lowest BCUT2D eigenvalue weighted by Gasteiger charge is -2.11. The number of halogens is 1. The first-order chi connectivity index (χ1) is 16.7. The summed E-state index contributed by atoms with van der Waals surface area (Å²) in [5.74, 6) is 1.34. The summed E-state index contributed by atoms with van der Waals surface area (Å²) in [6.45, 7) is 4.51. The van der Waals surface area contributed by atoms with Crippen molar-refractivity contribution in [2.24, 2.45) is 0 Å². The summed E-state index contributed by atoms with van der Waals surface area (Å²) in [4.78, 5) is 9.12. The summed E-state index contributed by atoms with van der Waals surface area (Å²) < 4.78 is 19.6. The Morgan fingerprint density at radius 3 is 1.97 bits per heavy atom. The lowest BCUT2D eigenvalue weighted by Crippen LogP contribution is -2.12. The van der Waals surface area contributed by atoms with Crippen LogP contribution in [0.5, 0.6) is 5.75 Å². The zero-order chi connectivity index (χ0) is 24.0. The monoisotopic (exact) mass is 462 g/mol. The van der Waals surface area contributed by atoms with E-state index in [0.717, 1.165) is 36.0 Å². The maximum atomic E-state index is 14.0. The second-order valence-electron chi connectivity index (χ2n) is 9.08. The van der Waals surface area contributed by atoms with Crippen LogP contribution >= 0.6 is 0 Å². The summed E-state index contributed by atoms with van der Waals surface area (Å²) >= 11 is 0. The smallest absolute Gasteiger partial charge is 0.159 e. The zero-order valence-corrected chi connectivity index (χ0v) is 20.8. The highest BCUT2D eigenvalue weighted by atomic mass is 19.1. The van der Waals surface area contributed by atoms with E-state index >= 15 is 0 Å². The van der Waals surface area contributed by atoms with Crippen molar-refractivity contribution in [1.82, 2.24) is 9.97 Å². The van der Waals surface area contributed by atoms with Crippen LogP contribution in [0, 0.1) is 0 Å². The van der Waals surface area contributed by atoms with Gasteiger partial charge in [-0.2, -0.15) is 0 Å². The van der Waals surface area contributed by atoms with E-state index < -0.39 is 6.17 Å². The Balaban J connectivity index is 1.49. The molecule has 0 spiro atoms. The van der Waals surface area contributed by atoms with Crippen LogP contribution in [0.4, 0.5) is 4.39 Å². The minimum Gasteiger partial charge on any atom is -0.491 e. The van der Waals surface area contributed by atoms with Gasteiger partial charge in [-0.15, -0.1) is 0 Å². The maximum absolute atomic E-state index is 14.0. The largest absolute Gasteiger partial charge is 0.491 e. The molecule has 182 valence electrons. The molecule has 3 rings (SSSR count). The second-order valence-corrected chi connectivity index (χ2v) is 9.08. The van der Waals surface area contributed by atoms with Gasteiger partial charge in [0.25, 0.3) is 0 Å². The molecule has 3 aromatic rings. The SMILES string of the molecule is CCCCCCc1ccc(-c2cnc(-c3ccc(OCC(F)CCCCCC)cc3)nc2)cc1. The molecule has 0 saturated carbocycles. The average molecular weight is 463 g/mol. The number of rotatable bonds is 15. The first-order valence-corrected chi connectivity index (χ1v) is 13.0. The summed E-state index contributed by atoms with van der Waals surface area (Å²) in [6.07, 6.45) is 14.0. The van der Waals surface area contributed by atoms with Gasteiger partial charge in [-0.05, 0) is 54.7 Å². The standard InChI is InChI=1S/C30H39FN2O/c1-3-5-7-9-11-24-13-15-25(16-14-24)27-21-32-30(33-22-27)26-17-19-29(20-18-26)34-23-28(31)12-10-8-6-4-2/h13-22,28H,3-12,23H2,1-2H3. The van der Waals surface area contributed by atoms with E-state index in [2.05, 4.69) is 48.1 Å². The predicted octanol–water partition coefficient (Wildman–Crippen LogP) is 8.62. The number of ether oxygens (including phenoxy) is 1. The summed E-state index contributed by atoms with van der Waals surface area (Å²) in [6, 6.07) is 16.3. The predicted molar refractivity (Wildman–Crippen MR) is 140 cm³/mol. The van der Waals surface area contributed by atoms with Gasteiger partial charge in [-0.25, -0.2) is 14.4 Å². The van der Waals surface area contributed by atoms with Crippen LogP contribution in [0.25, 0.3) is 22.5 Å². The average Bonchev–Trinajstić information content (AvgIpc) is 2.89. The number of hydrogen-bond acceptors (Lipinski definition) is 3. The highest BCUT2D eigenvalue weighted by molar-refractivity contribution is 5.64. The minimum atomic E-state index is -0.914. The Morgan fingerprint density at radius 1 is 0.706 bits per heavy atom. The molecular formula is C30H39FN2O. The lowest BCUT2D eigenvalue weighted by atomic mass is 10.0. The Kier molecular flexibility index (Phi) is 11.0. The fourth-order valence-electron chi connectivity index (χ4n) is 4.01. The molecule has 4 heteroatoms. The van der Waals surface area contributed by atoms with Gasteiger partial charge in [-0.3, -0.25) is 0 Å². The highest BCUT2D eigenvalue weighted by Gasteiger charge is 2.08. The molecule has 34 heavy (non-hydrogen) atoms. The highest BCUT2D eigenvalue weighted by Crippen LogP contribution is 2.23. The van der Waals surface area contributed by atoms with Crippen molar-refractivity contribution in [2.75, 3.05) is 6.61 Å². The molecule has 0 bridgehead atoms. The lowest BCUT2D eigenvalue weighted by molar-refractivity contribution is 0.184. The third-order valence-electron chi connectivity index (χ3n) is 6.17. The van der Waals surface area contributed by atoms with E-state index in [-0.39, 0.29) is 6.61 Å². The van der Waals surface area contributed by atoms with E-state index in [4.69, 9.17) is 4.74 Å². The van der Waals surface area contributed by atoms with Gasteiger partial charge in [0.1, 0.15) is 18.5 Å². The van der Waals surface area contributed by atoms with Gasteiger partial charge in [0, 0.05) is 23.5 Å². The zero-order valence-electron chi connectivity index (χ0n) is 20.8. The molecule has 1 heterocycles. The molecule has 0 aliphatic carbocycles. The van der Waals surface area contributed by atoms with E-state index in [9.17, 15) is 4.39 Å². The van der Waals surface area contributed by atoms with Gasteiger partial charge in [-0.1, -0.05) is 83.1 Å². The third kappa shape index (κ3) is 8.55. The van der Waals surface area contributed by atoms with Crippen molar-refractivity contribution in [3.05, 3.63) is 66.5 Å². The van der Waals surface area contributed by atoms with Gasteiger partial charge in [0.2, 0.25) is 0 Å². The number of aryl methyl sites for hydroxylation is 1. The molecule has 0 aliphatic heterocycles. The molecule has 1 unspecified atom stereocenters. The van der Waals surface area contributed by atoms with E-state index in [1.165, 1.54) is 44.1 Å². The second kappa shape index (κ2) is 14.5. The van der Waals surface area contributed by atoms with Crippen molar-refractivity contribution in [1.29, 1.82) is 0 Å². The Labute approximate surface area is 204 Å². The molecule has 0 radical (unpaired) electrons. The van der Waals surface area contributed by atoms with E-state index in [1.54, 1.807) is 0 Å². The quantitative estimate of drug-likeness (QED) is 0.212. The van der Waals surface area contributed by atoms with Gasteiger partial charge in [0.15, 0.2) is 5.82 Å². The van der Waals surface area contributed by atoms with E-state index in [0.29, 0.717) is 18.0 Å². The Hall–Kier alpha value is -2.75. The topological polar surface area (TPSA) is 35.0 Å². The van der Waals surface area contributed by atoms with Crippen LogP contribution in [0.2, 0.25) is 0 Å². The van der Waals surface area contributed by atoms with Crippen molar-refractivity contribution < 1.29 is 9.13 Å². The van der Waals surface area contributed by atoms with Crippen LogP contribution in [0.1, 0.15) is 77.2 Å². The number of benzene rings is 2. The molecule has 3 nitrogen and oxygen atoms in total. The molecule has 0 fully saturated rings. The van der Waals surface area contributed by atoms with Crippen molar-refractivity contribution >= 4 is 0 Å². The summed E-state index contributed by atoms with van der Waals surface area (Å²) in [5.41, 5.74) is 4.44. The molecule has 0 amide bonds. The van der Waals surface area contributed by atoms with Crippen molar-refractivity contribution in [2.45, 2.75) is 84.2 Å². The molecule has 0 aliphatic rings. The number of alkyl halides is 1. The molecule has 1 aromatic heterocycles.